The average molecular weight is 449 g/mol. The molecule has 0 fully saturated rings. The smallest absolute Gasteiger partial charge is 0.260 e. The molecule has 0 saturated heterocycles. The molecule has 0 radical (unpaired) electrons. The normalized spacial score (nSPS) is 15.6. The Morgan fingerprint density at radius 1 is 1.16 bits per heavy atom. The van der Waals surface area contributed by atoms with Gasteiger partial charge < -0.3 is 14.4 Å². The van der Waals surface area contributed by atoms with E-state index < -0.39 is 0 Å². The van der Waals surface area contributed by atoms with Crippen LogP contribution in [0, 0.1) is 13.8 Å². The molecule has 1 aliphatic rings. The predicted molar refractivity (Wildman–Crippen MR) is 123 cm³/mol. The van der Waals surface area contributed by atoms with Crippen LogP contribution in [0.2, 0.25) is 0 Å². The zero-order valence-corrected chi connectivity index (χ0v) is 19.3. The fraction of sp³-hybridized carbons (Fsp3) is 0.292. The van der Waals surface area contributed by atoms with Gasteiger partial charge in [-0.1, -0.05) is 6.07 Å². The number of nitrogens with zero attached hydrogens (tertiary/aromatic N) is 4. The monoisotopic (exact) mass is 448 g/mol. The van der Waals surface area contributed by atoms with Crippen LogP contribution < -0.4 is 9.47 Å². The highest BCUT2D eigenvalue weighted by molar-refractivity contribution is 7.10. The van der Waals surface area contributed by atoms with Crippen molar-refractivity contribution in [2.24, 2.45) is 0 Å². The number of amides is 1. The molecule has 3 aromatic heterocycles. The lowest BCUT2D eigenvalue weighted by atomic mass is 9.90. The zero-order valence-electron chi connectivity index (χ0n) is 18.5. The van der Waals surface area contributed by atoms with Gasteiger partial charge in [0.05, 0.1) is 26.5 Å². The Hall–Kier alpha value is -3.39. The lowest BCUT2D eigenvalue weighted by molar-refractivity contribution is 0.0698. The first kappa shape index (κ1) is 20.5. The van der Waals surface area contributed by atoms with E-state index in [9.17, 15) is 4.79 Å². The lowest BCUT2D eigenvalue weighted by Crippen LogP contribution is -2.40. The summed E-state index contributed by atoms with van der Waals surface area (Å²) >= 11 is 1.64. The number of benzene rings is 1. The first-order valence-electron chi connectivity index (χ1n) is 10.4. The summed E-state index contributed by atoms with van der Waals surface area (Å²) in [5.41, 5.74) is 5.14. The minimum absolute atomic E-state index is 0.0728. The van der Waals surface area contributed by atoms with Gasteiger partial charge in [-0.15, -0.1) is 11.3 Å². The van der Waals surface area contributed by atoms with Crippen molar-refractivity contribution in [3.05, 3.63) is 74.9 Å². The predicted octanol–water partition coefficient (Wildman–Crippen LogP) is 4.21. The SMILES string of the molecule is COc1cc2c(cc1OC)C(c1cccs1)N(C(=O)c1cnn3c(C)cc(C)nc13)CC2. The first-order valence-corrected chi connectivity index (χ1v) is 11.3. The molecule has 1 aromatic carbocycles. The zero-order chi connectivity index (χ0) is 22.4. The third-order valence-corrected chi connectivity index (χ3v) is 6.88. The lowest BCUT2D eigenvalue weighted by Gasteiger charge is -2.37. The van der Waals surface area contributed by atoms with Crippen molar-refractivity contribution in [1.29, 1.82) is 0 Å². The fourth-order valence-corrected chi connectivity index (χ4v) is 5.35. The minimum Gasteiger partial charge on any atom is -0.493 e. The standard InChI is InChI=1S/C24H24N4O3S/c1-14-10-15(2)28-23(26-14)18(13-25-28)24(29)27-8-7-16-11-19(30-3)20(31-4)12-17(16)22(27)21-6-5-9-32-21/h5-6,9-13,22H,7-8H2,1-4H3. The molecule has 4 heterocycles. The van der Waals surface area contributed by atoms with Gasteiger partial charge in [0.15, 0.2) is 17.1 Å². The molecule has 0 N–H and O–H groups in total. The number of ether oxygens (including phenoxy) is 2. The molecule has 32 heavy (non-hydrogen) atoms. The number of fused-ring (bicyclic) bond motifs is 2. The Balaban J connectivity index is 1.64. The molecular formula is C24H24N4O3S. The largest absolute Gasteiger partial charge is 0.493 e. The Labute approximate surface area is 190 Å². The van der Waals surface area contributed by atoms with E-state index in [4.69, 9.17) is 9.47 Å². The number of carbonyl (C=O) groups is 1. The van der Waals surface area contributed by atoms with Crippen molar-refractivity contribution in [2.75, 3.05) is 20.8 Å². The Kier molecular flexibility index (Phi) is 5.09. The number of thiophene rings is 1. The molecule has 4 aromatic rings. The van der Waals surface area contributed by atoms with E-state index in [0.29, 0.717) is 29.3 Å². The molecule has 0 bridgehead atoms. The van der Waals surface area contributed by atoms with Gasteiger partial charge in [0.25, 0.3) is 5.91 Å². The summed E-state index contributed by atoms with van der Waals surface area (Å²) in [6, 6.07) is 9.86. The van der Waals surface area contributed by atoms with E-state index in [1.165, 1.54) is 0 Å². The third kappa shape index (κ3) is 3.22. The van der Waals surface area contributed by atoms with Gasteiger partial charge in [-0.25, -0.2) is 9.50 Å². The molecule has 1 aliphatic heterocycles. The Morgan fingerprint density at radius 2 is 1.94 bits per heavy atom. The fourth-order valence-electron chi connectivity index (χ4n) is 4.49. The number of aromatic nitrogens is 3. The molecule has 8 heteroatoms. The van der Waals surface area contributed by atoms with Crippen LogP contribution in [0.25, 0.3) is 5.65 Å². The second-order valence-electron chi connectivity index (χ2n) is 7.91. The first-order chi connectivity index (χ1) is 15.5. The van der Waals surface area contributed by atoms with Crippen LogP contribution in [-0.2, 0) is 6.42 Å². The van der Waals surface area contributed by atoms with Gasteiger partial charge in [0.1, 0.15) is 5.56 Å². The van der Waals surface area contributed by atoms with Crippen molar-refractivity contribution in [3.63, 3.8) is 0 Å². The maximum atomic E-state index is 13.9. The second kappa shape index (κ2) is 7.94. The highest BCUT2D eigenvalue weighted by atomic mass is 32.1. The van der Waals surface area contributed by atoms with Crippen LogP contribution in [0.5, 0.6) is 11.5 Å². The van der Waals surface area contributed by atoms with Crippen LogP contribution in [0.3, 0.4) is 0 Å². The van der Waals surface area contributed by atoms with Crippen molar-refractivity contribution in [3.8, 4) is 11.5 Å². The summed E-state index contributed by atoms with van der Waals surface area (Å²) in [6.07, 6.45) is 2.36. The third-order valence-electron chi connectivity index (χ3n) is 5.96. The molecule has 7 nitrogen and oxygen atoms in total. The van der Waals surface area contributed by atoms with Crippen molar-refractivity contribution in [1.82, 2.24) is 19.5 Å². The highest BCUT2D eigenvalue weighted by Crippen LogP contribution is 2.42. The maximum absolute atomic E-state index is 13.9. The van der Waals surface area contributed by atoms with Gasteiger partial charge in [-0.3, -0.25) is 4.79 Å². The van der Waals surface area contributed by atoms with Crippen molar-refractivity contribution >= 4 is 22.9 Å². The molecule has 0 spiro atoms. The summed E-state index contributed by atoms with van der Waals surface area (Å²) in [5.74, 6) is 1.29. The molecule has 0 aliphatic carbocycles. The van der Waals surface area contributed by atoms with Crippen LogP contribution in [0.4, 0.5) is 0 Å². The van der Waals surface area contributed by atoms with E-state index in [-0.39, 0.29) is 11.9 Å². The number of hydrogen-bond donors (Lipinski definition) is 0. The molecule has 0 saturated carbocycles. The van der Waals surface area contributed by atoms with Crippen LogP contribution >= 0.6 is 11.3 Å². The van der Waals surface area contributed by atoms with Crippen molar-refractivity contribution in [2.45, 2.75) is 26.3 Å². The molecule has 1 unspecified atom stereocenters. The highest BCUT2D eigenvalue weighted by Gasteiger charge is 2.35. The van der Waals surface area contributed by atoms with Gasteiger partial charge >= 0.3 is 0 Å². The van der Waals surface area contributed by atoms with Crippen LogP contribution in [0.15, 0.2) is 41.9 Å². The summed E-state index contributed by atoms with van der Waals surface area (Å²) in [7, 11) is 3.27. The summed E-state index contributed by atoms with van der Waals surface area (Å²) in [4.78, 5) is 21.5. The maximum Gasteiger partial charge on any atom is 0.260 e. The minimum atomic E-state index is -0.216. The molecule has 1 amide bonds. The van der Waals surface area contributed by atoms with Crippen LogP contribution in [-0.4, -0.2) is 46.2 Å². The quantitative estimate of drug-likeness (QED) is 0.468. The molecular weight excluding hydrogens is 424 g/mol. The van der Waals surface area contributed by atoms with E-state index >= 15 is 0 Å². The van der Waals surface area contributed by atoms with Crippen molar-refractivity contribution < 1.29 is 14.3 Å². The van der Waals surface area contributed by atoms with E-state index in [2.05, 4.69) is 16.1 Å². The second-order valence-corrected chi connectivity index (χ2v) is 8.88. The number of aryl methyl sites for hydroxylation is 2. The summed E-state index contributed by atoms with van der Waals surface area (Å²) < 4.78 is 12.8. The number of carbonyl (C=O) groups excluding carboxylic acids is 1. The molecule has 164 valence electrons. The number of hydrogen-bond acceptors (Lipinski definition) is 6. The topological polar surface area (TPSA) is 69.0 Å². The summed E-state index contributed by atoms with van der Waals surface area (Å²) in [6.45, 7) is 4.49. The molecule has 1 atom stereocenters. The number of rotatable bonds is 4. The van der Waals surface area contributed by atoms with Crippen LogP contribution in [0.1, 0.15) is 43.8 Å². The van der Waals surface area contributed by atoms with Gasteiger partial charge in [0.2, 0.25) is 0 Å². The summed E-state index contributed by atoms with van der Waals surface area (Å²) in [5, 5.41) is 6.47. The van der Waals surface area contributed by atoms with E-state index in [1.807, 2.05) is 48.4 Å². The average Bonchev–Trinajstić information content (AvgIpc) is 3.47. The van der Waals surface area contributed by atoms with Gasteiger partial charge in [-0.2, -0.15) is 5.10 Å². The number of methoxy groups -OCH3 is 2. The van der Waals surface area contributed by atoms with E-state index in [0.717, 1.165) is 33.8 Å². The van der Waals surface area contributed by atoms with Gasteiger partial charge in [0, 0.05) is 22.8 Å². The van der Waals surface area contributed by atoms with E-state index in [1.54, 1.807) is 36.3 Å². The Bertz CT molecular complexity index is 1310. The Morgan fingerprint density at radius 3 is 2.66 bits per heavy atom. The molecule has 5 rings (SSSR count). The van der Waals surface area contributed by atoms with Gasteiger partial charge in [-0.05, 0) is 61.0 Å².